The Bertz CT molecular complexity index is 598. The Hall–Kier alpha value is -1.94. The molecule has 0 saturated carbocycles. The summed E-state index contributed by atoms with van der Waals surface area (Å²) in [6, 6.07) is 11.8. The van der Waals surface area contributed by atoms with E-state index in [1.807, 2.05) is 50.2 Å². The van der Waals surface area contributed by atoms with Crippen LogP contribution in [0.25, 0.3) is 0 Å². The molecule has 4 nitrogen and oxygen atoms in total. The molecule has 0 aliphatic rings. The molecule has 2 N–H and O–H groups in total. The quantitative estimate of drug-likeness (QED) is 0.885. The highest BCUT2D eigenvalue weighted by atomic mass is 16.3. The van der Waals surface area contributed by atoms with Gasteiger partial charge < -0.3 is 10.4 Å². The van der Waals surface area contributed by atoms with Crippen molar-refractivity contribution >= 4 is 5.82 Å². The molecule has 0 amide bonds. The van der Waals surface area contributed by atoms with E-state index in [2.05, 4.69) is 29.1 Å². The number of rotatable bonds is 5. The highest BCUT2D eigenvalue weighted by Crippen LogP contribution is 2.25. The lowest BCUT2D eigenvalue weighted by Crippen LogP contribution is -2.36. The summed E-state index contributed by atoms with van der Waals surface area (Å²) in [6.07, 6.45) is 0. The minimum Gasteiger partial charge on any atom is -0.394 e. The smallest absolute Gasteiger partial charge is 0.133 e. The maximum atomic E-state index is 9.84. The minimum atomic E-state index is -0.573. The van der Waals surface area contributed by atoms with Crippen LogP contribution in [0.3, 0.4) is 0 Å². The number of aliphatic hydroxyl groups is 1. The van der Waals surface area contributed by atoms with Crippen molar-refractivity contribution < 1.29 is 5.11 Å². The van der Waals surface area contributed by atoms with Crippen molar-refractivity contribution in [2.75, 3.05) is 11.9 Å². The molecule has 0 fully saturated rings. The molecule has 1 unspecified atom stereocenters. The molecule has 2 aromatic rings. The van der Waals surface area contributed by atoms with Gasteiger partial charge in [0, 0.05) is 17.7 Å². The first-order chi connectivity index (χ1) is 9.94. The third-order valence-electron chi connectivity index (χ3n) is 3.52. The maximum absolute atomic E-state index is 9.84. The molecule has 0 bridgehead atoms. The molecule has 1 atom stereocenters. The number of hydrogen-bond donors (Lipinski definition) is 2. The first-order valence-electron chi connectivity index (χ1n) is 7.25. The van der Waals surface area contributed by atoms with Crippen molar-refractivity contribution in [3.63, 3.8) is 0 Å². The number of aryl methyl sites for hydroxylation is 1. The van der Waals surface area contributed by atoms with E-state index >= 15 is 0 Å². The molecule has 21 heavy (non-hydrogen) atoms. The van der Waals surface area contributed by atoms with Gasteiger partial charge in [0.05, 0.1) is 12.1 Å². The van der Waals surface area contributed by atoms with Gasteiger partial charge >= 0.3 is 0 Å². The van der Waals surface area contributed by atoms with E-state index in [4.69, 9.17) is 0 Å². The van der Waals surface area contributed by atoms with Crippen LogP contribution in [0.4, 0.5) is 5.82 Å². The van der Waals surface area contributed by atoms with Crippen LogP contribution in [-0.4, -0.2) is 21.7 Å². The normalized spacial score (nSPS) is 14.0. The Balaban J connectivity index is 2.35. The van der Waals surface area contributed by atoms with E-state index in [1.165, 1.54) is 0 Å². The summed E-state index contributed by atoms with van der Waals surface area (Å²) in [7, 11) is 0. The fourth-order valence-electron chi connectivity index (χ4n) is 2.21. The van der Waals surface area contributed by atoms with Crippen molar-refractivity contribution in [2.45, 2.75) is 39.2 Å². The summed E-state index contributed by atoms with van der Waals surface area (Å²) in [5.74, 6) is 1.82. The Labute approximate surface area is 126 Å². The second kappa shape index (κ2) is 6.22. The standard InChI is InChI=1S/C17H23N3O/c1-12(2)16-18-13(3)10-15(19-16)20-17(4,11-21)14-8-6-5-7-9-14/h5-10,12,21H,11H2,1-4H3,(H,18,19,20). The first kappa shape index (κ1) is 15.4. The molecule has 4 heteroatoms. The van der Waals surface area contributed by atoms with E-state index in [-0.39, 0.29) is 12.5 Å². The Morgan fingerprint density at radius 3 is 2.43 bits per heavy atom. The number of hydrogen-bond acceptors (Lipinski definition) is 4. The average molecular weight is 285 g/mol. The van der Waals surface area contributed by atoms with E-state index < -0.39 is 5.54 Å². The molecule has 0 saturated heterocycles. The van der Waals surface area contributed by atoms with Crippen LogP contribution in [0.1, 0.15) is 43.8 Å². The Morgan fingerprint density at radius 1 is 1.19 bits per heavy atom. The van der Waals surface area contributed by atoms with E-state index in [1.54, 1.807) is 0 Å². The van der Waals surface area contributed by atoms with Gasteiger partial charge in [-0.2, -0.15) is 0 Å². The topological polar surface area (TPSA) is 58.0 Å². The van der Waals surface area contributed by atoms with Gasteiger partial charge in [-0.3, -0.25) is 0 Å². The number of anilines is 1. The number of aromatic nitrogens is 2. The second-order valence-corrected chi connectivity index (χ2v) is 5.89. The monoisotopic (exact) mass is 285 g/mol. The van der Waals surface area contributed by atoms with Crippen LogP contribution < -0.4 is 5.32 Å². The molecule has 1 aromatic carbocycles. The largest absolute Gasteiger partial charge is 0.394 e. The third kappa shape index (κ3) is 3.58. The molecule has 0 aliphatic carbocycles. The van der Waals surface area contributed by atoms with Gasteiger partial charge in [0.15, 0.2) is 0 Å². The number of benzene rings is 1. The van der Waals surface area contributed by atoms with E-state index in [9.17, 15) is 5.11 Å². The van der Waals surface area contributed by atoms with Gasteiger partial charge in [0.25, 0.3) is 0 Å². The lowest BCUT2D eigenvalue weighted by atomic mass is 9.93. The Morgan fingerprint density at radius 2 is 1.86 bits per heavy atom. The zero-order valence-corrected chi connectivity index (χ0v) is 13.1. The van der Waals surface area contributed by atoms with Gasteiger partial charge in [-0.05, 0) is 19.4 Å². The summed E-state index contributed by atoms with van der Waals surface area (Å²) in [5, 5.41) is 13.2. The van der Waals surface area contributed by atoms with Crippen molar-refractivity contribution in [1.29, 1.82) is 0 Å². The number of nitrogens with zero attached hydrogens (tertiary/aromatic N) is 2. The Kier molecular flexibility index (Phi) is 4.58. The molecule has 2 rings (SSSR count). The predicted octanol–water partition coefficient (Wildman–Crippen LogP) is 3.23. The lowest BCUT2D eigenvalue weighted by molar-refractivity contribution is 0.223. The molecule has 1 aromatic heterocycles. The highest BCUT2D eigenvalue weighted by molar-refractivity contribution is 5.43. The summed E-state index contributed by atoms with van der Waals surface area (Å²) in [5.41, 5.74) is 1.37. The number of aliphatic hydroxyl groups excluding tert-OH is 1. The van der Waals surface area contributed by atoms with E-state index in [0.717, 1.165) is 22.9 Å². The van der Waals surface area contributed by atoms with Crippen molar-refractivity contribution in [1.82, 2.24) is 9.97 Å². The summed E-state index contributed by atoms with van der Waals surface area (Å²) in [4.78, 5) is 9.01. The van der Waals surface area contributed by atoms with Crippen LogP contribution in [0.15, 0.2) is 36.4 Å². The average Bonchev–Trinajstić information content (AvgIpc) is 2.47. The fraction of sp³-hybridized carbons (Fsp3) is 0.412. The third-order valence-corrected chi connectivity index (χ3v) is 3.52. The van der Waals surface area contributed by atoms with Gasteiger partial charge in [0.2, 0.25) is 0 Å². The summed E-state index contributed by atoms with van der Waals surface area (Å²) < 4.78 is 0. The molecule has 0 radical (unpaired) electrons. The highest BCUT2D eigenvalue weighted by Gasteiger charge is 2.26. The summed E-state index contributed by atoms with van der Waals surface area (Å²) in [6.45, 7) is 8.05. The van der Waals surface area contributed by atoms with Crippen LogP contribution in [0, 0.1) is 6.92 Å². The predicted molar refractivity (Wildman–Crippen MR) is 85.4 cm³/mol. The van der Waals surface area contributed by atoms with Crippen molar-refractivity contribution in [2.24, 2.45) is 0 Å². The van der Waals surface area contributed by atoms with Gasteiger partial charge in [-0.1, -0.05) is 44.2 Å². The van der Waals surface area contributed by atoms with Crippen LogP contribution >= 0.6 is 0 Å². The second-order valence-electron chi connectivity index (χ2n) is 5.89. The van der Waals surface area contributed by atoms with Crippen LogP contribution in [-0.2, 0) is 5.54 Å². The lowest BCUT2D eigenvalue weighted by Gasteiger charge is -2.30. The van der Waals surface area contributed by atoms with Crippen molar-refractivity contribution in [3.8, 4) is 0 Å². The fourth-order valence-corrected chi connectivity index (χ4v) is 2.21. The zero-order valence-electron chi connectivity index (χ0n) is 13.1. The summed E-state index contributed by atoms with van der Waals surface area (Å²) >= 11 is 0. The number of nitrogens with one attached hydrogen (secondary N) is 1. The molecule has 112 valence electrons. The van der Waals surface area contributed by atoms with Gasteiger partial charge in [-0.15, -0.1) is 0 Å². The van der Waals surface area contributed by atoms with Crippen LogP contribution in [0.2, 0.25) is 0 Å². The molecular formula is C17H23N3O. The van der Waals surface area contributed by atoms with E-state index in [0.29, 0.717) is 0 Å². The molecule has 0 aliphatic heterocycles. The van der Waals surface area contributed by atoms with Crippen LogP contribution in [0.5, 0.6) is 0 Å². The minimum absolute atomic E-state index is 0.0168. The SMILES string of the molecule is Cc1cc(NC(C)(CO)c2ccccc2)nc(C(C)C)n1. The maximum Gasteiger partial charge on any atom is 0.133 e. The molecule has 1 heterocycles. The molecular weight excluding hydrogens is 262 g/mol. The zero-order chi connectivity index (χ0) is 15.5. The van der Waals surface area contributed by atoms with Crippen molar-refractivity contribution in [3.05, 3.63) is 53.5 Å². The van der Waals surface area contributed by atoms with Gasteiger partial charge in [0.1, 0.15) is 11.6 Å². The molecule has 0 spiro atoms. The van der Waals surface area contributed by atoms with Gasteiger partial charge in [-0.25, -0.2) is 9.97 Å². The first-order valence-corrected chi connectivity index (χ1v) is 7.25.